The summed E-state index contributed by atoms with van der Waals surface area (Å²) in [5.41, 5.74) is 30.6. The number of anilines is 4. The molecule has 0 aliphatic rings. The van der Waals surface area contributed by atoms with E-state index in [2.05, 4.69) is 0 Å². The standard InChI is InChI=1S/C26H24Cl2N4/c27-21-13-17(5-11-23(21)31)26(18-6-12-24(32)22(28)14-18)25(15-1-7-19(29)8-2-15)16-3-9-20(30)10-4-16/h1-14,25-26H,29-32H2. The van der Waals surface area contributed by atoms with Crippen LogP contribution in [0.2, 0.25) is 10.0 Å². The van der Waals surface area contributed by atoms with Gasteiger partial charge in [-0.3, -0.25) is 0 Å². The van der Waals surface area contributed by atoms with E-state index in [0.29, 0.717) is 32.8 Å². The van der Waals surface area contributed by atoms with E-state index in [1.807, 2.05) is 84.9 Å². The number of benzene rings is 4. The summed E-state index contributed by atoms with van der Waals surface area (Å²) in [6, 6.07) is 27.3. The first-order chi connectivity index (χ1) is 15.3. The molecule has 162 valence electrons. The van der Waals surface area contributed by atoms with E-state index in [1.54, 1.807) is 0 Å². The maximum atomic E-state index is 6.44. The molecule has 4 rings (SSSR count). The van der Waals surface area contributed by atoms with Gasteiger partial charge in [0.2, 0.25) is 0 Å². The molecule has 0 aromatic heterocycles. The van der Waals surface area contributed by atoms with E-state index in [9.17, 15) is 0 Å². The van der Waals surface area contributed by atoms with Crippen LogP contribution in [0.15, 0.2) is 84.9 Å². The minimum Gasteiger partial charge on any atom is -0.399 e. The minimum absolute atomic E-state index is 0.0735. The average molecular weight is 463 g/mol. The molecule has 0 bridgehead atoms. The van der Waals surface area contributed by atoms with Gasteiger partial charge in [0.05, 0.1) is 21.4 Å². The zero-order chi connectivity index (χ0) is 22.8. The van der Waals surface area contributed by atoms with Crippen molar-refractivity contribution in [3.63, 3.8) is 0 Å². The van der Waals surface area contributed by atoms with Crippen LogP contribution in [0, 0.1) is 0 Å². The van der Waals surface area contributed by atoms with Crippen molar-refractivity contribution in [3.05, 3.63) is 117 Å². The lowest BCUT2D eigenvalue weighted by Gasteiger charge is -2.30. The van der Waals surface area contributed by atoms with Crippen molar-refractivity contribution in [1.82, 2.24) is 0 Å². The van der Waals surface area contributed by atoms with E-state index in [1.165, 1.54) is 0 Å². The third-order valence-electron chi connectivity index (χ3n) is 5.69. The Kier molecular flexibility index (Phi) is 6.17. The lowest BCUT2D eigenvalue weighted by Crippen LogP contribution is -2.15. The molecule has 0 saturated carbocycles. The molecular weight excluding hydrogens is 439 g/mol. The van der Waals surface area contributed by atoms with Gasteiger partial charge in [0, 0.05) is 23.2 Å². The van der Waals surface area contributed by atoms with Crippen molar-refractivity contribution in [3.8, 4) is 0 Å². The second-order valence-corrected chi connectivity index (χ2v) is 8.66. The SMILES string of the molecule is Nc1ccc(C(c2ccc(N)cc2)C(c2ccc(N)c(Cl)c2)c2ccc(N)c(Cl)c2)cc1. The zero-order valence-electron chi connectivity index (χ0n) is 17.3. The quantitative estimate of drug-likeness (QED) is 0.261. The molecule has 6 heteroatoms. The molecule has 0 aliphatic heterocycles. The molecule has 32 heavy (non-hydrogen) atoms. The Hall–Kier alpha value is -3.34. The van der Waals surface area contributed by atoms with Crippen LogP contribution in [0.5, 0.6) is 0 Å². The summed E-state index contributed by atoms with van der Waals surface area (Å²) in [6.07, 6.45) is 0. The smallest absolute Gasteiger partial charge is 0.0638 e. The molecule has 0 saturated heterocycles. The summed E-state index contributed by atoms with van der Waals surface area (Å²) in [5.74, 6) is -0.200. The molecule has 4 aromatic carbocycles. The highest BCUT2D eigenvalue weighted by atomic mass is 35.5. The Bertz CT molecular complexity index is 1140. The number of halogens is 2. The fraction of sp³-hybridized carbons (Fsp3) is 0.0769. The Morgan fingerprint density at radius 3 is 1.09 bits per heavy atom. The predicted octanol–water partition coefficient (Wildman–Crippen LogP) is 6.29. The van der Waals surface area contributed by atoms with Gasteiger partial charge in [0.25, 0.3) is 0 Å². The molecule has 0 radical (unpaired) electrons. The molecule has 0 amide bonds. The third-order valence-corrected chi connectivity index (χ3v) is 6.35. The molecule has 0 unspecified atom stereocenters. The second-order valence-electron chi connectivity index (χ2n) is 7.85. The van der Waals surface area contributed by atoms with E-state index in [4.69, 9.17) is 46.1 Å². The summed E-state index contributed by atoms with van der Waals surface area (Å²) >= 11 is 12.9. The van der Waals surface area contributed by atoms with Gasteiger partial charge < -0.3 is 22.9 Å². The van der Waals surface area contributed by atoms with Crippen LogP contribution in [0.25, 0.3) is 0 Å². The largest absolute Gasteiger partial charge is 0.399 e. The third kappa shape index (κ3) is 4.47. The maximum Gasteiger partial charge on any atom is 0.0638 e. The monoisotopic (exact) mass is 462 g/mol. The lowest BCUT2D eigenvalue weighted by atomic mass is 9.73. The van der Waals surface area contributed by atoms with E-state index >= 15 is 0 Å². The summed E-state index contributed by atoms with van der Waals surface area (Å²) in [5, 5.41) is 1.00. The molecule has 4 aromatic rings. The van der Waals surface area contributed by atoms with Crippen molar-refractivity contribution >= 4 is 46.0 Å². The van der Waals surface area contributed by atoms with E-state index in [-0.39, 0.29) is 11.8 Å². The topological polar surface area (TPSA) is 104 Å². The first-order valence-electron chi connectivity index (χ1n) is 10.1. The number of hydrogen-bond acceptors (Lipinski definition) is 4. The minimum atomic E-state index is -0.126. The van der Waals surface area contributed by atoms with Crippen molar-refractivity contribution in [2.24, 2.45) is 0 Å². The molecule has 0 spiro atoms. The summed E-state index contributed by atoms with van der Waals surface area (Å²) in [4.78, 5) is 0. The van der Waals surface area contributed by atoms with Gasteiger partial charge in [-0.1, -0.05) is 59.6 Å². The van der Waals surface area contributed by atoms with Crippen LogP contribution in [0.1, 0.15) is 34.1 Å². The summed E-state index contributed by atoms with van der Waals surface area (Å²) in [6.45, 7) is 0. The van der Waals surface area contributed by atoms with Crippen LogP contribution in [-0.4, -0.2) is 0 Å². The molecule has 4 nitrogen and oxygen atoms in total. The van der Waals surface area contributed by atoms with Gasteiger partial charge in [-0.05, 0) is 70.8 Å². The van der Waals surface area contributed by atoms with E-state index in [0.717, 1.165) is 22.3 Å². The van der Waals surface area contributed by atoms with Gasteiger partial charge >= 0.3 is 0 Å². The highest BCUT2D eigenvalue weighted by Gasteiger charge is 2.29. The number of nitrogen functional groups attached to an aromatic ring is 4. The molecule has 8 N–H and O–H groups in total. The highest BCUT2D eigenvalue weighted by molar-refractivity contribution is 6.33. The van der Waals surface area contributed by atoms with Crippen molar-refractivity contribution in [2.75, 3.05) is 22.9 Å². The van der Waals surface area contributed by atoms with Crippen LogP contribution in [0.4, 0.5) is 22.7 Å². The van der Waals surface area contributed by atoms with Crippen molar-refractivity contribution < 1.29 is 0 Å². The number of hydrogen-bond donors (Lipinski definition) is 4. The molecular formula is C26H24Cl2N4. The molecule has 0 fully saturated rings. The normalized spacial score (nSPS) is 11.2. The maximum absolute atomic E-state index is 6.44. The van der Waals surface area contributed by atoms with Gasteiger partial charge in [-0.2, -0.15) is 0 Å². The zero-order valence-corrected chi connectivity index (χ0v) is 18.8. The highest BCUT2D eigenvalue weighted by Crippen LogP contribution is 2.45. The molecule has 0 aliphatic carbocycles. The fourth-order valence-corrected chi connectivity index (χ4v) is 4.41. The Balaban J connectivity index is 1.98. The summed E-state index contributed by atoms with van der Waals surface area (Å²) in [7, 11) is 0. The lowest BCUT2D eigenvalue weighted by molar-refractivity contribution is 0.694. The summed E-state index contributed by atoms with van der Waals surface area (Å²) < 4.78 is 0. The fourth-order valence-electron chi connectivity index (χ4n) is 4.04. The van der Waals surface area contributed by atoms with Crippen LogP contribution < -0.4 is 22.9 Å². The van der Waals surface area contributed by atoms with Crippen molar-refractivity contribution in [1.29, 1.82) is 0 Å². The van der Waals surface area contributed by atoms with Crippen LogP contribution >= 0.6 is 23.2 Å². The number of rotatable bonds is 5. The Labute approximate surface area is 197 Å². The first kappa shape index (κ1) is 21.9. The van der Waals surface area contributed by atoms with Crippen LogP contribution in [0.3, 0.4) is 0 Å². The van der Waals surface area contributed by atoms with Crippen molar-refractivity contribution in [2.45, 2.75) is 11.8 Å². The average Bonchev–Trinajstić information content (AvgIpc) is 2.78. The molecule has 0 heterocycles. The second kappa shape index (κ2) is 9.03. The van der Waals surface area contributed by atoms with Crippen LogP contribution in [-0.2, 0) is 0 Å². The van der Waals surface area contributed by atoms with Gasteiger partial charge in [-0.25, -0.2) is 0 Å². The van der Waals surface area contributed by atoms with Gasteiger partial charge in [0.15, 0.2) is 0 Å². The Morgan fingerprint density at radius 2 is 0.750 bits per heavy atom. The predicted molar refractivity (Wildman–Crippen MR) is 137 cm³/mol. The number of nitrogens with two attached hydrogens (primary N) is 4. The first-order valence-corrected chi connectivity index (χ1v) is 10.9. The van der Waals surface area contributed by atoms with Gasteiger partial charge in [-0.15, -0.1) is 0 Å². The molecule has 0 atom stereocenters. The van der Waals surface area contributed by atoms with E-state index < -0.39 is 0 Å². The Morgan fingerprint density at radius 1 is 0.438 bits per heavy atom. The van der Waals surface area contributed by atoms with Gasteiger partial charge in [0.1, 0.15) is 0 Å².